The van der Waals surface area contributed by atoms with Crippen molar-refractivity contribution < 1.29 is 14.7 Å². The van der Waals surface area contributed by atoms with E-state index in [0.29, 0.717) is 5.69 Å². The highest BCUT2D eigenvalue weighted by molar-refractivity contribution is 7.13. The average Bonchev–Trinajstić information content (AvgIpc) is 2.85. The maximum absolute atomic E-state index is 11.5. The van der Waals surface area contributed by atoms with Crippen molar-refractivity contribution in [1.82, 2.24) is 10.3 Å². The lowest BCUT2D eigenvalue weighted by molar-refractivity contribution is -0.137. The summed E-state index contributed by atoms with van der Waals surface area (Å²) in [6.45, 7) is 1.65. The van der Waals surface area contributed by atoms with Crippen LogP contribution >= 0.6 is 11.3 Å². The molecule has 0 saturated heterocycles. The number of carbonyl (C=O) groups is 2. The number of aryl methyl sites for hydroxylation is 1. The van der Waals surface area contributed by atoms with Crippen molar-refractivity contribution in [3.8, 4) is 10.6 Å². The molecule has 104 valence electrons. The molecule has 2 rings (SSSR count). The van der Waals surface area contributed by atoms with E-state index in [1.807, 2.05) is 36.6 Å². The first-order chi connectivity index (χ1) is 9.54. The summed E-state index contributed by atoms with van der Waals surface area (Å²) in [4.78, 5) is 26.2. The molecule has 1 aromatic heterocycles. The largest absolute Gasteiger partial charge is 0.480 e. The van der Waals surface area contributed by atoms with Crippen LogP contribution in [0.4, 0.5) is 0 Å². The van der Waals surface area contributed by atoms with E-state index in [9.17, 15) is 9.59 Å². The second-order valence-electron chi connectivity index (χ2n) is 4.36. The molecule has 5 nitrogen and oxygen atoms in total. The molecule has 0 fully saturated rings. The highest BCUT2D eigenvalue weighted by Crippen LogP contribution is 2.24. The molecule has 20 heavy (non-hydrogen) atoms. The topological polar surface area (TPSA) is 79.3 Å². The van der Waals surface area contributed by atoms with E-state index in [1.165, 1.54) is 16.9 Å². The Balaban J connectivity index is 2.00. The Kier molecular flexibility index (Phi) is 4.47. The summed E-state index contributed by atoms with van der Waals surface area (Å²) in [6, 6.07) is 8.00. The number of aliphatic carboxylic acids is 1. The first kappa shape index (κ1) is 14.2. The van der Waals surface area contributed by atoms with Gasteiger partial charge in [-0.05, 0) is 6.92 Å². The highest BCUT2D eigenvalue weighted by Gasteiger charge is 2.09. The molecule has 1 aromatic carbocycles. The fraction of sp³-hybridized carbons (Fsp3) is 0.214. The molecule has 0 radical (unpaired) electrons. The Morgan fingerprint density at radius 1 is 1.30 bits per heavy atom. The zero-order chi connectivity index (χ0) is 14.5. The molecule has 0 aliphatic heterocycles. The summed E-state index contributed by atoms with van der Waals surface area (Å²) in [6.07, 6.45) is 0.0929. The molecular weight excluding hydrogens is 276 g/mol. The van der Waals surface area contributed by atoms with Crippen molar-refractivity contribution in [3.05, 3.63) is 40.9 Å². The summed E-state index contributed by atoms with van der Waals surface area (Å²) in [7, 11) is 0. The molecule has 6 heteroatoms. The van der Waals surface area contributed by atoms with Crippen LogP contribution in [0.25, 0.3) is 10.6 Å². The lowest BCUT2D eigenvalue weighted by Gasteiger charge is -1.99. The van der Waals surface area contributed by atoms with Crippen LogP contribution in [0, 0.1) is 6.92 Å². The van der Waals surface area contributed by atoms with Crippen molar-refractivity contribution in [2.24, 2.45) is 0 Å². The van der Waals surface area contributed by atoms with E-state index < -0.39 is 5.97 Å². The van der Waals surface area contributed by atoms with Gasteiger partial charge in [-0.2, -0.15) is 0 Å². The van der Waals surface area contributed by atoms with Gasteiger partial charge in [-0.25, -0.2) is 4.98 Å². The van der Waals surface area contributed by atoms with Crippen LogP contribution in [0.3, 0.4) is 0 Å². The summed E-state index contributed by atoms with van der Waals surface area (Å²) in [5, 5.41) is 13.5. The quantitative estimate of drug-likeness (QED) is 0.881. The molecule has 0 unspecified atom stereocenters. The number of thiazole rings is 1. The van der Waals surface area contributed by atoms with Gasteiger partial charge in [0, 0.05) is 10.9 Å². The first-order valence-electron chi connectivity index (χ1n) is 6.04. The van der Waals surface area contributed by atoms with E-state index >= 15 is 0 Å². The predicted molar refractivity (Wildman–Crippen MR) is 76.6 cm³/mol. The Morgan fingerprint density at radius 3 is 2.65 bits per heavy atom. The number of carboxylic acids is 1. The Hall–Kier alpha value is -2.21. The van der Waals surface area contributed by atoms with Gasteiger partial charge in [0.2, 0.25) is 5.91 Å². The van der Waals surface area contributed by atoms with Crippen LogP contribution in [-0.2, 0) is 16.0 Å². The van der Waals surface area contributed by atoms with Gasteiger partial charge in [0.05, 0.1) is 12.1 Å². The lowest BCUT2D eigenvalue weighted by Crippen LogP contribution is -2.30. The maximum atomic E-state index is 11.5. The van der Waals surface area contributed by atoms with Crippen molar-refractivity contribution in [1.29, 1.82) is 0 Å². The molecule has 0 spiro atoms. The predicted octanol–water partition coefficient (Wildman–Crippen LogP) is 1.86. The molecule has 1 amide bonds. The van der Waals surface area contributed by atoms with Crippen LogP contribution in [0.2, 0.25) is 0 Å². The Bertz CT molecular complexity index is 620. The SMILES string of the molecule is Cc1ccc(-c2nc(CC(=O)NCC(=O)O)cs2)cc1. The fourth-order valence-electron chi connectivity index (χ4n) is 1.62. The smallest absolute Gasteiger partial charge is 0.322 e. The van der Waals surface area contributed by atoms with E-state index in [2.05, 4.69) is 10.3 Å². The number of carboxylic acid groups (broad SMARTS) is 1. The number of nitrogens with one attached hydrogen (secondary N) is 1. The zero-order valence-corrected chi connectivity index (χ0v) is 11.7. The van der Waals surface area contributed by atoms with Gasteiger partial charge < -0.3 is 10.4 Å². The van der Waals surface area contributed by atoms with Gasteiger partial charge in [-0.3, -0.25) is 9.59 Å². The second-order valence-corrected chi connectivity index (χ2v) is 5.22. The molecule has 0 aliphatic rings. The van der Waals surface area contributed by atoms with Gasteiger partial charge in [0.15, 0.2) is 0 Å². The molecule has 2 aromatic rings. The third-order valence-corrected chi connectivity index (χ3v) is 3.57. The number of benzene rings is 1. The molecular formula is C14H14N2O3S. The van der Waals surface area contributed by atoms with E-state index in [1.54, 1.807) is 0 Å². The zero-order valence-electron chi connectivity index (χ0n) is 10.9. The number of aromatic nitrogens is 1. The summed E-state index contributed by atoms with van der Waals surface area (Å²) in [5.41, 5.74) is 2.84. The van der Waals surface area contributed by atoms with Gasteiger partial charge >= 0.3 is 5.97 Å². The summed E-state index contributed by atoms with van der Waals surface area (Å²) >= 11 is 1.47. The third kappa shape index (κ3) is 3.89. The molecule has 0 atom stereocenters. The van der Waals surface area contributed by atoms with Gasteiger partial charge in [-0.1, -0.05) is 29.8 Å². The standard InChI is InChI=1S/C14H14N2O3S/c1-9-2-4-10(5-3-9)14-16-11(8-20-14)6-12(17)15-7-13(18)19/h2-5,8H,6-7H2,1H3,(H,15,17)(H,18,19). The van der Waals surface area contributed by atoms with Crippen LogP contribution in [0.1, 0.15) is 11.3 Å². The van der Waals surface area contributed by atoms with Gasteiger partial charge in [0.1, 0.15) is 11.6 Å². The van der Waals surface area contributed by atoms with Crippen molar-refractivity contribution in [2.45, 2.75) is 13.3 Å². The van der Waals surface area contributed by atoms with Crippen LogP contribution < -0.4 is 5.32 Å². The molecule has 0 aliphatic carbocycles. The number of rotatable bonds is 5. The third-order valence-electron chi connectivity index (χ3n) is 2.63. The molecule has 2 N–H and O–H groups in total. The molecule has 1 heterocycles. The second kappa shape index (κ2) is 6.29. The fourth-order valence-corrected chi connectivity index (χ4v) is 2.44. The Labute approximate surface area is 120 Å². The van der Waals surface area contributed by atoms with Crippen LogP contribution in [0.5, 0.6) is 0 Å². The minimum Gasteiger partial charge on any atom is -0.480 e. The van der Waals surface area contributed by atoms with Crippen molar-refractivity contribution >= 4 is 23.2 Å². The van der Waals surface area contributed by atoms with Gasteiger partial charge in [0.25, 0.3) is 0 Å². The number of carbonyl (C=O) groups excluding carboxylic acids is 1. The molecule has 0 saturated carbocycles. The molecule has 0 bridgehead atoms. The monoisotopic (exact) mass is 290 g/mol. The minimum atomic E-state index is -1.06. The average molecular weight is 290 g/mol. The Morgan fingerprint density at radius 2 is 2.00 bits per heavy atom. The lowest BCUT2D eigenvalue weighted by atomic mass is 10.2. The van der Waals surface area contributed by atoms with Crippen molar-refractivity contribution in [2.75, 3.05) is 6.54 Å². The number of amides is 1. The van der Waals surface area contributed by atoms with Crippen LogP contribution in [-0.4, -0.2) is 28.5 Å². The van der Waals surface area contributed by atoms with Crippen LogP contribution in [0.15, 0.2) is 29.6 Å². The summed E-state index contributed by atoms with van der Waals surface area (Å²) in [5.74, 6) is -1.40. The van der Waals surface area contributed by atoms with E-state index in [0.717, 1.165) is 10.6 Å². The summed E-state index contributed by atoms with van der Waals surface area (Å²) < 4.78 is 0. The minimum absolute atomic E-state index is 0.0929. The number of nitrogens with zero attached hydrogens (tertiary/aromatic N) is 1. The number of hydrogen-bond donors (Lipinski definition) is 2. The van der Waals surface area contributed by atoms with E-state index in [4.69, 9.17) is 5.11 Å². The maximum Gasteiger partial charge on any atom is 0.322 e. The van der Waals surface area contributed by atoms with Crippen molar-refractivity contribution in [3.63, 3.8) is 0 Å². The first-order valence-corrected chi connectivity index (χ1v) is 6.92. The van der Waals surface area contributed by atoms with E-state index in [-0.39, 0.29) is 18.9 Å². The number of hydrogen-bond acceptors (Lipinski definition) is 4. The van der Waals surface area contributed by atoms with Gasteiger partial charge in [-0.15, -0.1) is 11.3 Å². The highest BCUT2D eigenvalue weighted by atomic mass is 32.1. The normalized spacial score (nSPS) is 10.2.